The van der Waals surface area contributed by atoms with E-state index in [1.165, 1.54) is 29.2 Å². The van der Waals surface area contributed by atoms with E-state index in [9.17, 15) is 24.6 Å². The average molecular weight is 680 g/mol. The second-order valence-electron chi connectivity index (χ2n) is 12.9. The molecule has 4 aliphatic rings. The Balaban J connectivity index is 1.68. The molecule has 1 amide bonds. The van der Waals surface area contributed by atoms with Gasteiger partial charge in [0.15, 0.2) is 37.2 Å². The molecule has 10 heteroatoms. The van der Waals surface area contributed by atoms with Crippen LogP contribution in [0.2, 0.25) is 18.1 Å². The number of phenols is 1. The number of rotatable bonds is 10. The van der Waals surface area contributed by atoms with Crippen LogP contribution in [0.5, 0.6) is 5.75 Å². The second kappa shape index (κ2) is 12.8. The zero-order valence-corrected chi connectivity index (χ0v) is 29.5. The lowest BCUT2D eigenvalue weighted by atomic mass is 9.68. The molecule has 0 spiro atoms. The van der Waals surface area contributed by atoms with Gasteiger partial charge in [-0.3, -0.25) is 14.5 Å². The number of aliphatic hydroxyl groups is 1. The van der Waals surface area contributed by atoms with Crippen LogP contribution in [0.1, 0.15) is 84.0 Å². The summed E-state index contributed by atoms with van der Waals surface area (Å²) in [5.41, 5.74) is -2.37. The number of epoxide rings is 1. The van der Waals surface area contributed by atoms with Crippen molar-refractivity contribution in [2.24, 2.45) is 0 Å². The van der Waals surface area contributed by atoms with Crippen LogP contribution in [-0.4, -0.2) is 66.6 Å². The normalized spacial score (nSPS) is 25.6. The molecule has 2 heterocycles. The minimum Gasteiger partial charge on any atom is -0.507 e. The molecule has 0 radical (unpaired) electrons. The van der Waals surface area contributed by atoms with Crippen LogP contribution in [0, 0.1) is 23.7 Å². The third-order valence-corrected chi connectivity index (χ3v) is 15.3. The fourth-order valence-electron chi connectivity index (χ4n) is 7.91. The number of benzene rings is 2. The Labute approximate surface area is 288 Å². The van der Waals surface area contributed by atoms with Crippen molar-refractivity contribution in [3.8, 4) is 29.4 Å². The first kappa shape index (κ1) is 34.4. The molecule has 2 aromatic carbocycles. The summed E-state index contributed by atoms with van der Waals surface area (Å²) in [6, 6.07) is 7.69. The largest absolute Gasteiger partial charge is 0.507 e. The molecule has 0 saturated carbocycles. The highest BCUT2D eigenvalue weighted by molar-refractivity contribution is 6.73. The number of aryl methyl sites for hydroxylation is 1. The van der Waals surface area contributed by atoms with Gasteiger partial charge in [-0.15, -0.1) is 0 Å². The van der Waals surface area contributed by atoms with E-state index in [-0.39, 0.29) is 40.1 Å². The van der Waals surface area contributed by atoms with Crippen LogP contribution < -0.4 is 4.90 Å². The number of phenolic OH excluding ortho intramolecular Hbond substituents is 1. The number of carbonyl (C=O) groups is 3. The van der Waals surface area contributed by atoms with Gasteiger partial charge in [-0.1, -0.05) is 82.6 Å². The van der Waals surface area contributed by atoms with Crippen molar-refractivity contribution in [1.29, 1.82) is 0 Å². The van der Waals surface area contributed by atoms with Gasteiger partial charge in [-0.05, 0) is 61.3 Å². The van der Waals surface area contributed by atoms with Gasteiger partial charge in [0.1, 0.15) is 18.4 Å². The summed E-state index contributed by atoms with van der Waals surface area (Å²) in [4.78, 5) is 44.3. The quantitative estimate of drug-likeness (QED) is 0.117. The standard InChI is InChI=1S/C39H41NO8Si/c1-7-16-25-19-20-26-27(22-25)36(44)32-29(41)23-28-34(33(32)35(26)43)40(37(45)46-21-8-2)30-17-14-12-13-15-18-31(42)39(28)38(30,48-39)24(6)47-49(9-3,10-4)11-5/h8,12-13,19-20,22-24,30-31,41-42H,2,7,9-11,16,21H2,1,3-6H3/b13-12-/t24-,30+,31-,38+,39+/m1/s1. The molecule has 2 aliphatic heterocycles. The fourth-order valence-corrected chi connectivity index (χ4v) is 10.8. The van der Waals surface area contributed by atoms with Crippen molar-refractivity contribution >= 4 is 31.7 Å². The van der Waals surface area contributed by atoms with Crippen molar-refractivity contribution in [3.63, 3.8) is 0 Å². The van der Waals surface area contributed by atoms with Crippen LogP contribution >= 0.6 is 0 Å². The Morgan fingerprint density at radius 1 is 1.06 bits per heavy atom. The SMILES string of the molecule is C=CCOC(=O)N1c2c(cc(O)c3c2C(=O)c2ccc(CCC)cc2C3=O)[C@@]23O[C@@]2([C@@H](C)O[Si](CC)(CC)CC)[C@@H]1C#C/C=C\C#C[C@H]3O. The van der Waals surface area contributed by atoms with Crippen molar-refractivity contribution in [2.45, 2.75) is 95.0 Å². The molecule has 254 valence electrons. The van der Waals surface area contributed by atoms with Crippen LogP contribution in [-0.2, 0) is 25.9 Å². The van der Waals surface area contributed by atoms with Gasteiger partial charge in [0, 0.05) is 16.7 Å². The predicted molar refractivity (Wildman–Crippen MR) is 187 cm³/mol. The van der Waals surface area contributed by atoms with Crippen LogP contribution in [0.25, 0.3) is 0 Å². The van der Waals surface area contributed by atoms with Gasteiger partial charge in [-0.2, -0.15) is 0 Å². The lowest BCUT2D eigenvalue weighted by Gasteiger charge is -2.45. The summed E-state index contributed by atoms with van der Waals surface area (Å²) < 4.78 is 19.4. The number of anilines is 1. The first-order chi connectivity index (χ1) is 23.5. The monoisotopic (exact) mass is 679 g/mol. The van der Waals surface area contributed by atoms with Crippen LogP contribution in [0.3, 0.4) is 0 Å². The lowest BCUT2D eigenvalue weighted by molar-refractivity contribution is 0.0887. The summed E-state index contributed by atoms with van der Waals surface area (Å²) in [5.74, 6) is 10.2. The van der Waals surface area contributed by atoms with Gasteiger partial charge in [0.2, 0.25) is 0 Å². The number of fused-ring (bicyclic) bond motifs is 4. The molecule has 1 fully saturated rings. The Hall–Kier alpha value is -4.45. The number of hydrogen-bond acceptors (Lipinski definition) is 8. The second-order valence-corrected chi connectivity index (χ2v) is 17.6. The lowest BCUT2D eigenvalue weighted by Crippen LogP contribution is -2.63. The van der Waals surface area contributed by atoms with E-state index >= 15 is 0 Å². The third kappa shape index (κ3) is 4.92. The molecule has 6 rings (SSSR count). The number of carbonyl (C=O) groups excluding carboxylic acids is 3. The number of nitrogens with zero attached hydrogens (tertiary/aromatic N) is 1. The van der Waals surface area contributed by atoms with Crippen molar-refractivity contribution in [2.75, 3.05) is 11.5 Å². The zero-order valence-electron chi connectivity index (χ0n) is 28.5. The minimum atomic E-state index is -2.33. The van der Waals surface area contributed by atoms with Gasteiger partial charge in [0.05, 0.1) is 22.9 Å². The molecule has 2 aliphatic carbocycles. The number of amides is 1. The average Bonchev–Trinajstić information content (AvgIpc) is 3.83. The number of ketones is 2. The molecule has 1 saturated heterocycles. The zero-order chi connectivity index (χ0) is 35.3. The predicted octanol–water partition coefficient (Wildman–Crippen LogP) is 5.94. The van der Waals surface area contributed by atoms with Crippen molar-refractivity contribution in [1.82, 2.24) is 0 Å². The molecule has 0 unspecified atom stereocenters. The Morgan fingerprint density at radius 3 is 2.39 bits per heavy atom. The number of ether oxygens (including phenoxy) is 2. The van der Waals surface area contributed by atoms with E-state index in [0.29, 0.717) is 6.42 Å². The highest BCUT2D eigenvalue weighted by atomic mass is 28.4. The third-order valence-electron chi connectivity index (χ3n) is 10.6. The van der Waals surface area contributed by atoms with E-state index in [1.807, 2.05) is 13.8 Å². The van der Waals surface area contributed by atoms with Crippen molar-refractivity contribution in [3.05, 3.63) is 82.5 Å². The topological polar surface area (TPSA) is 126 Å². The van der Waals surface area contributed by atoms with E-state index in [2.05, 4.69) is 51.0 Å². The summed E-state index contributed by atoms with van der Waals surface area (Å²) in [6.07, 6.45) is 2.82. The number of allylic oxidation sites excluding steroid dienone is 2. The van der Waals surface area contributed by atoms with Gasteiger partial charge in [-0.25, -0.2) is 4.79 Å². The first-order valence-electron chi connectivity index (χ1n) is 16.9. The highest BCUT2D eigenvalue weighted by Gasteiger charge is 2.84. The number of hydrogen-bond donors (Lipinski definition) is 2. The van der Waals surface area contributed by atoms with Gasteiger partial charge in [0.25, 0.3) is 0 Å². The maximum absolute atomic E-state index is 14.6. The number of aromatic hydroxyl groups is 1. The van der Waals surface area contributed by atoms with Gasteiger partial charge < -0.3 is 24.1 Å². The first-order valence-corrected chi connectivity index (χ1v) is 19.5. The molecule has 0 aromatic heterocycles. The van der Waals surface area contributed by atoms with E-state index in [4.69, 9.17) is 13.9 Å². The molecule has 49 heavy (non-hydrogen) atoms. The van der Waals surface area contributed by atoms with Crippen LogP contribution in [0.15, 0.2) is 49.1 Å². The van der Waals surface area contributed by atoms with E-state index in [0.717, 1.165) is 30.1 Å². The molecular formula is C39H41NO8Si. The van der Waals surface area contributed by atoms with Crippen molar-refractivity contribution < 1.29 is 38.5 Å². The Morgan fingerprint density at radius 2 is 1.73 bits per heavy atom. The van der Waals surface area contributed by atoms with E-state index in [1.54, 1.807) is 18.2 Å². The molecule has 2 N–H and O–H groups in total. The smallest absolute Gasteiger partial charge is 0.415 e. The summed E-state index contributed by atoms with van der Waals surface area (Å²) in [7, 11) is -2.33. The van der Waals surface area contributed by atoms with Gasteiger partial charge >= 0.3 is 6.09 Å². The number of aliphatic hydroxyl groups excluding tert-OH is 1. The summed E-state index contributed by atoms with van der Waals surface area (Å²) in [6.45, 7) is 13.7. The minimum absolute atomic E-state index is 0.0292. The maximum atomic E-state index is 14.6. The summed E-state index contributed by atoms with van der Waals surface area (Å²) >= 11 is 0. The summed E-state index contributed by atoms with van der Waals surface area (Å²) in [5, 5.41) is 23.7. The molecule has 2 bridgehead atoms. The Kier molecular flexibility index (Phi) is 8.97. The molecule has 5 atom stereocenters. The maximum Gasteiger partial charge on any atom is 0.415 e. The molecular weight excluding hydrogens is 639 g/mol. The Bertz CT molecular complexity index is 1920. The van der Waals surface area contributed by atoms with Crippen LogP contribution in [0.4, 0.5) is 10.5 Å². The fraction of sp³-hybridized carbons (Fsp3) is 0.410. The molecule has 9 nitrogen and oxygen atoms in total. The highest BCUT2D eigenvalue weighted by Crippen LogP contribution is 2.69. The van der Waals surface area contributed by atoms with E-state index < -0.39 is 61.2 Å². The molecule has 2 aromatic rings.